The second-order valence-electron chi connectivity index (χ2n) is 5.75. The lowest BCUT2D eigenvalue weighted by Gasteiger charge is -2.13. The van der Waals surface area contributed by atoms with Crippen LogP contribution >= 0.6 is 0 Å². The molecule has 0 spiro atoms. The molecule has 0 saturated heterocycles. The van der Waals surface area contributed by atoms with Gasteiger partial charge in [-0.15, -0.1) is 0 Å². The van der Waals surface area contributed by atoms with Crippen LogP contribution in [0, 0.1) is 6.92 Å². The number of hydrogen-bond donors (Lipinski definition) is 1. The first-order valence-electron chi connectivity index (χ1n) is 7.22. The molecule has 20 heavy (non-hydrogen) atoms. The van der Waals surface area contributed by atoms with E-state index < -0.39 is 0 Å². The zero-order valence-corrected chi connectivity index (χ0v) is 12.2. The molecule has 1 aliphatic rings. The van der Waals surface area contributed by atoms with Gasteiger partial charge in [0.05, 0.1) is 19.1 Å². The molecule has 0 amide bonds. The van der Waals surface area contributed by atoms with Gasteiger partial charge in [-0.05, 0) is 38.9 Å². The Labute approximate surface area is 119 Å². The van der Waals surface area contributed by atoms with Gasteiger partial charge in [0.2, 0.25) is 0 Å². The topological polar surface area (TPSA) is 41.6 Å². The summed E-state index contributed by atoms with van der Waals surface area (Å²) in [7, 11) is 2.09. The Morgan fingerprint density at radius 3 is 2.90 bits per heavy atom. The van der Waals surface area contributed by atoms with Crippen LogP contribution in [-0.4, -0.2) is 18.0 Å². The highest BCUT2D eigenvalue weighted by molar-refractivity contribution is 5.21. The quantitative estimate of drug-likeness (QED) is 0.842. The summed E-state index contributed by atoms with van der Waals surface area (Å²) in [5, 5.41) is 3.53. The van der Waals surface area contributed by atoms with E-state index in [4.69, 9.17) is 8.83 Å². The molecule has 0 aliphatic heterocycles. The Morgan fingerprint density at radius 2 is 2.20 bits per heavy atom. The predicted molar refractivity (Wildman–Crippen MR) is 77.2 cm³/mol. The minimum absolute atomic E-state index is 0.733. The van der Waals surface area contributed by atoms with E-state index >= 15 is 0 Å². The number of hydrogen-bond acceptors (Lipinski definition) is 4. The molecule has 3 rings (SSSR count). The number of nitrogens with zero attached hydrogens (tertiary/aromatic N) is 1. The minimum Gasteiger partial charge on any atom is -0.472 e. The summed E-state index contributed by atoms with van der Waals surface area (Å²) in [6, 6.07) is 4.90. The molecular formula is C16H22N2O2. The van der Waals surface area contributed by atoms with Gasteiger partial charge < -0.3 is 14.2 Å². The highest BCUT2D eigenvalue weighted by Gasteiger charge is 2.21. The first kappa shape index (κ1) is 13.5. The molecule has 1 saturated carbocycles. The van der Waals surface area contributed by atoms with Gasteiger partial charge in [0.25, 0.3) is 0 Å². The molecule has 1 fully saturated rings. The molecule has 2 aromatic rings. The largest absolute Gasteiger partial charge is 0.472 e. The van der Waals surface area contributed by atoms with E-state index in [0.717, 1.165) is 37.2 Å². The van der Waals surface area contributed by atoms with Crippen molar-refractivity contribution in [3.63, 3.8) is 0 Å². The molecule has 0 aromatic carbocycles. The lowest BCUT2D eigenvalue weighted by molar-refractivity contribution is 0.284. The third-order valence-electron chi connectivity index (χ3n) is 3.69. The summed E-state index contributed by atoms with van der Waals surface area (Å²) in [4.78, 5) is 2.22. The molecule has 4 nitrogen and oxygen atoms in total. The molecule has 0 radical (unpaired) electrons. The summed E-state index contributed by atoms with van der Waals surface area (Å²) < 4.78 is 10.9. The van der Waals surface area contributed by atoms with Crippen LogP contribution in [0.4, 0.5) is 0 Å². The zero-order valence-electron chi connectivity index (χ0n) is 12.2. The molecule has 1 aliphatic carbocycles. The zero-order chi connectivity index (χ0) is 13.9. The lowest BCUT2D eigenvalue weighted by atomic mass is 10.2. The maximum atomic E-state index is 5.85. The van der Waals surface area contributed by atoms with Gasteiger partial charge in [0, 0.05) is 30.3 Å². The van der Waals surface area contributed by atoms with E-state index in [1.807, 2.05) is 13.0 Å². The van der Waals surface area contributed by atoms with Crippen LogP contribution < -0.4 is 5.32 Å². The second kappa shape index (κ2) is 5.85. The third-order valence-corrected chi connectivity index (χ3v) is 3.69. The molecule has 2 aromatic heterocycles. The fourth-order valence-corrected chi connectivity index (χ4v) is 2.40. The average molecular weight is 274 g/mol. The van der Waals surface area contributed by atoms with Gasteiger partial charge in [0.15, 0.2) is 0 Å². The lowest BCUT2D eigenvalue weighted by Crippen LogP contribution is -2.16. The Kier molecular flexibility index (Phi) is 3.94. The van der Waals surface area contributed by atoms with Crippen molar-refractivity contribution in [2.75, 3.05) is 7.05 Å². The fraction of sp³-hybridized carbons (Fsp3) is 0.500. The molecule has 0 atom stereocenters. The van der Waals surface area contributed by atoms with Crippen LogP contribution in [0.25, 0.3) is 0 Å². The molecule has 108 valence electrons. The molecular weight excluding hydrogens is 252 g/mol. The van der Waals surface area contributed by atoms with Crippen molar-refractivity contribution in [3.8, 4) is 0 Å². The first-order chi connectivity index (χ1) is 9.70. The number of furan rings is 2. The summed E-state index contributed by atoms with van der Waals surface area (Å²) in [5.41, 5.74) is 2.47. The van der Waals surface area contributed by atoms with Crippen LogP contribution in [0.1, 0.15) is 35.5 Å². The third kappa shape index (κ3) is 3.52. The highest BCUT2D eigenvalue weighted by atomic mass is 16.3. The van der Waals surface area contributed by atoms with Crippen molar-refractivity contribution in [1.82, 2.24) is 10.2 Å². The summed E-state index contributed by atoms with van der Waals surface area (Å²) in [6.45, 7) is 4.65. The van der Waals surface area contributed by atoms with E-state index in [9.17, 15) is 0 Å². The van der Waals surface area contributed by atoms with Crippen molar-refractivity contribution in [2.45, 2.75) is 45.4 Å². The smallest absolute Gasteiger partial charge is 0.118 e. The summed E-state index contributed by atoms with van der Waals surface area (Å²) in [6.07, 6.45) is 6.13. The van der Waals surface area contributed by atoms with Crippen LogP contribution in [0.5, 0.6) is 0 Å². The maximum absolute atomic E-state index is 5.85. The van der Waals surface area contributed by atoms with Gasteiger partial charge in [-0.25, -0.2) is 0 Å². The fourth-order valence-electron chi connectivity index (χ4n) is 2.40. The number of nitrogens with one attached hydrogen (secondary N) is 1. The van der Waals surface area contributed by atoms with Gasteiger partial charge in [-0.2, -0.15) is 0 Å². The van der Waals surface area contributed by atoms with E-state index in [0.29, 0.717) is 0 Å². The average Bonchev–Trinajstić information content (AvgIpc) is 2.98. The molecule has 1 N–H and O–H groups in total. The first-order valence-corrected chi connectivity index (χ1v) is 7.22. The molecule has 0 bridgehead atoms. The van der Waals surface area contributed by atoms with E-state index in [1.54, 1.807) is 12.5 Å². The Balaban J connectivity index is 1.54. The summed E-state index contributed by atoms with van der Waals surface area (Å²) in [5.74, 6) is 2.06. The van der Waals surface area contributed by atoms with Crippen LogP contribution in [0.2, 0.25) is 0 Å². The predicted octanol–water partition coefficient (Wildman–Crippen LogP) is 3.07. The second-order valence-corrected chi connectivity index (χ2v) is 5.75. The molecule has 4 heteroatoms. The van der Waals surface area contributed by atoms with E-state index in [-0.39, 0.29) is 0 Å². The highest BCUT2D eigenvalue weighted by Crippen LogP contribution is 2.21. The monoisotopic (exact) mass is 274 g/mol. The van der Waals surface area contributed by atoms with Crippen molar-refractivity contribution in [1.29, 1.82) is 0 Å². The Morgan fingerprint density at radius 1 is 1.35 bits per heavy atom. The summed E-state index contributed by atoms with van der Waals surface area (Å²) >= 11 is 0. The van der Waals surface area contributed by atoms with Crippen molar-refractivity contribution >= 4 is 0 Å². The standard InChI is InChI=1S/C16H22N2O2/c1-12-14(8-17-15-3-4-15)7-16(20-12)10-18(2)9-13-5-6-19-11-13/h5-7,11,15,17H,3-4,8-10H2,1-2H3. The molecule has 0 unspecified atom stereocenters. The van der Waals surface area contributed by atoms with E-state index in [2.05, 4.69) is 23.3 Å². The number of rotatable bonds is 7. The van der Waals surface area contributed by atoms with Crippen LogP contribution in [0.15, 0.2) is 33.5 Å². The Hall–Kier alpha value is -1.52. The van der Waals surface area contributed by atoms with Gasteiger partial charge in [-0.1, -0.05) is 0 Å². The maximum Gasteiger partial charge on any atom is 0.118 e. The van der Waals surface area contributed by atoms with Crippen molar-refractivity contribution in [2.24, 2.45) is 0 Å². The number of aryl methyl sites for hydroxylation is 1. The van der Waals surface area contributed by atoms with Gasteiger partial charge >= 0.3 is 0 Å². The van der Waals surface area contributed by atoms with Crippen LogP contribution in [-0.2, 0) is 19.6 Å². The minimum atomic E-state index is 0.733. The Bertz CT molecular complexity index is 541. The van der Waals surface area contributed by atoms with Crippen molar-refractivity contribution < 1.29 is 8.83 Å². The molecule has 2 heterocycles. The normalized spacial score (nSPS) is 15.2. The van der Waals surface area contributed by atoms with Gasteiger partial charge in [-0.3, -0.25) is 4.90 Å². The van der Waals surface area contributed by atoms with Crippen molar-refractivity contribution in [3.05, 3.63) is 47.3 Å². The van der Waals surface area contributed by atoms with Crippen LogP contribution in [0.3, 0.4) is 0 Å². The SMILES string of the molecule is Cc1oc(CN(C)Cc2ccoc2)cc1CNC1CC1. The van der Waals surface area contributed by atoms with Gasteiger partial charge in [0.1, 0.15) is 11.5 Å². The van der Waals surface area contributed by atoms with E-state index in [1.165, 1.54) is 24.0 Å².